The molecular formula is C17H28ClNO. The van der Waals surface area contributed by atoms with Gasteiger partial charge in [0.05, 0.1) is 6.61 Å². The molecule has 0 spiro atoms. The summed E-state index contributed by atoms with van der Waals surface area (Å²) in [6.45, 7) is 9.36. The summed E-state index contributed by atoms with van der Waals surface area (Å²) in [5.41, 5.74) is 3.89. The first-order chi connectivity index (χ1) is 9.54. The summed E-state index contributed by atoms with van der Waals surface area (Å²) in [5, 5.41) is 4.31. The van der Waals surface area contributed by atoms with Gasteiger partial charge in [0.2, 0.25) is 0 Å². The Balaban J connectivity index is 2.30. The van der Waals surface area contributed by atoms with Crippen LogP contribution in [-0.2, 0) is 11.2 Å². The lowest BCUT2D eigenvalue weighted by Gasteiger charge is -2.13. The van der Waals surface area contributed by atoms with Gasteiger partial charge in [0.25, 0.3) is 0 Å². The molecule has 1 aromatic carbocycles. The molecule has 0 aliphatic carbocycles. The van der Waals surface area contributed by atoms with Gasteiger partial charge in [0, 0.05) is 18.7 Å². The van der Waals surface area contributed by atoms with Crippen molar-refractivity contribution in [3.05, 3.63) is 33.8 Å². The van der Waals surface area contributed by atoms with Crippen molar-refractivity contribution < 1.29 is 4.74 Å². The van der Waals surface area contributed by atoms with Crippen molar-refractivity contribution in [1.29, 1.82) is 0 Å². The number of aryl methyl sites for hydroxylation is 3. The SMILES string of the molecule is COCCNCCC(C)CCc1cc(C)c(C)cc1Cl. The van der Waals surface area contributed by atoms with E-state index < -0.39 is 0 Å². The Hall–Kier alpha value is -0.570. The lowest BCUT2D eigenvalue weighted by atomic mass is 9.96. The smallest absolute Gasteiger partial charge is 0.0587 e. The van der Waals surface area contributed by atoms with Crippen LogP contribution in [0.4, 0.5) is 0 Å². The number of hydrogen-bond donors (Lipinski definition) is 1. The van der Waals surface area contributed by atoms with Crippen LogP contribution >= 0.6 is 11.6 Å². The molecule has 1 atom stereocenters. The fourth-order valence-corrected chi connectivity index (χ4v) is 2.54. The Morgan fingerprint density at radius 3 is 2.55 bits per heavy atom. The minimum absolute atomic E-state index is 0.711. The number of nitrogens with one attached hydrogen (secondary N) is 1. The summed E-state index contributed by atoms with van der Waals surface area (Å²) in [4.78, 5) is 0. The molecule has 0 saturated carbocycles. The van der Waals surface area contributed by atoms with Crippen LogP contribution in [0.5, 0.6) is 0 Å². The Labute approximate surface area is 128 Å². The van der Waals surface area contributed by atoms with Crippen molar-refractivity contribution in [3.8, 4) is 0 Å². The van der Waals surface area contributed by atoms with Crippen molar-refractivity contribution in [3.63, 3.8) is 0 Å². The minimum atomic E-state index is 0.711. The highest BCUT2D eigenvalue weighted by Crippen LogP contribution is 2.23. The van der Waals surface area contributed by atoms with Crippen LogP contribution in [0.1, 0.15) is 36.5 Å². The Morgan fingerprint density at radius 1 is 1.15 bits per heavy atom. The number of halogens is 1. The third-order valence-electron chi connectivity index (χ3n) is 3.87. The first-order valence-electron chi connectivity index (χ1n) is 7.50. The van der Waals surface area contributed by atoms with Crippen LogP contribution in [0, 0.1) is 19.8 Å². The highest BCUT2D eigenvalue weighted by molar-refractivity contribution is 6.31. The molecule has 1 unspecified atom stereocenters. The highest BCUT2D eigenvalue weighted by atomic mass is 35.5. The van der Waals surface area contributed by atoms with Gasteiger partial charge >= 0.3 is 0 Å². The van der Waals surface area contributed by atoms with Gasteiger partial charge in [-0.1, -0.05) is 24.6 Å². The van der Waals surface area contributed by atoms with Gasteiger partial charge < -0.3 is 10.1 Å². The van der Waals surface area contributed by atoms with E-state index in [1.54, 1.807) is 7.11 Å². The van der Waals surface area contributed by atoms with Crippen molar-refractivity contribution in [2.24, 2.45) is 5.92 Å². The summed E-state index contributed by atoms with van der Waals surface area (Å²) in [5.74, 6) is 0.711. The topological polar surface area (TPSA) is 21.3 Å². The van der Waals surface area contributed by atoms with E-state index in [9.17, 15) is 0 Å². The molecule has 0 radical (unpaired) electrons. The van der Waals surface area contributed by atoms with Crippen molar-refractivity contribution in [2.75, 3.05) is 26.8 Å². The van der Waals surface area contributed by atoms with E-state index in [0.717, 1.165) is 31.1 Å². The molecule has 20 heavy (non-hydrogen) atoms. The Bertz CT molecular complexity index is 406. The number of methoxy groups -OCH3 is 1. The van der Waals surface area contributed by atoms with E-state index in [0.29, 0.717) is 5.92 Å². The molecule has 0 saturated heterocycles. The Kier molecular flexibility index (Phi) is 8.20. The molecule has 0 aliphatic heterocycles. The first-order valence-corrected chi connectivity index (χ1v) is 7.87. The maximum absolute atomic E-state index is 6.32. The average molecular weight is 298 g/mol. The maximum Gasteiger partial charge on any atom is 0.0587 e. The van der Waals surface area contributed by atoms with E-state index in [-0.39, 0.29) is 0 Å². The molecule has 0 amide bonds. The zero-order valence-electron chi connectivity index (χ0n) is 13.3. The minimum Gasteiger partial charge on any atom is -0.383 e. The molecule has 1 N–H and O–H groups in total. The second kappa shape index (κ2) is 9.38. The molecule has 1 rings (SSSR count). The Morgan fingerprint density at radius 2 is 1.85 bits per heavy atom. The lowest BCUT2D eigenvalue weighted by molar-refractivity contribution is 0.199. The quantitative estimate of drug-likeness (QED) is 0.691. The van der Waals surface area contributed by atoms with E-state index in [1.165, 1.54) is 29.5 Å². The third-order valence-corrected chi connectivity index (χ3v) is 4.22. The lowest BCUT2D eigenvalue weighted by Crippen LogP contribution is -2.21. The molecular weight excluding hydrogens is 270 g/mol. The molecule has 0 fully saturated rings. The van der Waals surface area contributed by atoms with E-state index in [2.05, 4.69) is 38.2 Å². The van der Waals surface area contributed by atoms with E-state index in [1.807, 2.05) is 0 Å². The molecule has 114 valence electrons. The summed E-state index contributed by atoms with van der Waals surface area (Å²) in [6.07, 6.45) is 3.46. The molecule has 0 aliphatic rings. The number of hydrogen-bond acceptors (Lipinski definition) is 2. The second-order valence-electron chi connectivity index (χ2n) is 5.70. The van der Waals surface area contributed by atoms with Gasteiger partial charge in [-0.15, -0.1) is 0 Å². The van der Waals surface area contributed by atoms with Gasteiger partial charge in [-0.3, -0.25) is 0 Å². The molecule has 2 nitrogen and oxygen atoms in total. The normalized spacial score (nSPS) is 12.7. The number of rotatable bonds is 9. The third kappa shape index (κ3) is 6.25. The van der Waals surface area contributed by atoms with Crippen LogP contribution in [-0.4, -0.2) is 26.8 Å². The standard InChI is InChI=1S/C17H28ClNO/c1-13(7-8-19-9-10-20-4)5-6-16-11-14(2)15(3)12-17(16)18/h11-13,19H,5-10H2,1-4H3. The van der Waals surface area contributed by atoms with Crippen molar-refractivity contribution in [1.82, 2.24) is 5.32 Å². The number of ether oxygens (including phenoxy) is 1. The van der Waals surface area contributed by atoms with Crippen LogP contribution in [0.3, 0.4) is 0 Å². The van der Waals surface area contributed by atoms with E-state index >= 15 is 0 Å². The van der Waals surface area contributed by atoms with E-state index in [4.69, 9.17) is 16.3 Å². The molecule has 0 bridgehead atoms. The van der Waals surface area contributed by atoms with Crippen molar-refractivity contribution >= 4 is 11.6 Å². The zero-order valence-corrected chi connectivity index (χ0v) is 14.0. The van der Waals surface area contributed by atoms with Gasteiger partial charge in [-0.05, 0) is 68.3 Å². The maximum atomic E-state index is 6.32. The summed E-state index contributed by atoms with van der Waals surface area (Å²) >= 11 is 6.32. The van der Waals surface area contributed by atoms with Crippen LogP contribution in [0.15, 0.2) is 12.1 Å². The largest absolute Gasteiger partial charge is 0.383 e. The predicted octanol–water partition coefficient (Wildman–Crippen LogP) is 4.15. The van der Waals surface area contributed by atoms with Gasteiger partial charge in [0.1, 0.15) is 0 Å². The average Bonchev–Trinajstić information content (AvgIpc) is 2.41. The second-order valence-corrected chi connectivity index (χ2v) is 6.11. The molecule has 0 heterocycles. The van der Waals surface area contributed by atoms with Crippen molar-refractivity contribution in [2.45, 2.75) is 40.0 Å². The highest BCUT2D eigenvalue weighted by Gasteiger charge is 2.07. The van der Waals surface area contributed by atoms with Gasteiger partial charge in [-0.25, -0.2) is 0 Å². The van der Waals surface area contributed by atoms with Gasteiger partial charge in [-0.2, -0.15) is 0 Å². The predicted molar refractivity (Wildman–Crippen MR) is 87.8 cm³/mol. The molecule has 1 aromatic rings. The fraction of sp³-hybridized carbons (Fsp3) is 0.647. The molecule has 3 heteroatoms. The van der Waals surface area contributed by atoms with Crippen LogP contribution in [0.25, 0.3) is 0 Å². The summed E-state index contributed by atoms with van der Waals surface area (Å²) in [7, 11) is 1.73. The first kappa shape index (κ1) is 17.5. The molecule has 0 aromatic heterocycles. The summed E-state index contributed by atoms with van der Waals surface area (Å²) < 4.78 is 5.01. The summed E-state index contributed by atoms with van der Waals surface area (Å²) in [6, 6.07) is 4.32. The monoisotopic (exact) mass is 297 g/mol. The zero-order chi connectivity index (χ0) is 15.0. The van der Waals surface area contributed by atoms with Crippen LogP contribution < -0.4 is 5.32 Å². The van der Waals surface area contributed by atoms with Gasteiger partial charge in [0.15, 0.2) is 0 Å². The fourth-order valence-electron chi connectivity index (χ4n) is 2.23. The van der Waals surface area contributed by atoms with Crippen LogP contribution in [0.2, 0.25) is 5.02 Å². The number of benzene rings is 1.